The highest BCUT2D eigenvalue weighted by Gasteiger charge is 2.28. The van der Waals surface area contributed by atoms with Gasteiger partial charge in [0.1, 0.15) is 0 Å². The van der Waals surface area contributed by atoms with Crippen molar-refractivity contribution in [2.45, 2.75) is 19.0 Å². The van der Waals surface area contributed by atoms with Crippen molar-refractivity contribution in [3.05, 3.63) is 35.4 Å². The van der Waals surface area contributed by atoms with E-state index in [-0.39, 0.29) is 11.9 Å². The van der Waals surface area contributed by atoms with Crippen LogP contribution in [0.15, 0.2) is 24.3 Å². The van der Waals surface area contributed by atoms with Crippen LogP contribution < -0.4 is 5.73 Å². The molecule has 0 unspecified atom stereocenters. The van der Waals surface area contributed by atoms with Gasteiger partial charge in [0.2, 0.25) is 5.91 Å². The molecule has 16 heavy (non-hydrogen) atoms. The largest absolute Gasteiger partial charge is 0.337 e. The van der Waals surface area contributed by atoms with Crippen molar-refractivity contribution in [1.29, 1.82) is 5.26 Å². The molecule has 82 valence electrons. The molecule has 0 aliphatic carbocycles. The van der Waals surface area contributed by atoms with E-state index in [1.165, 1.54) is 0 Å². The summed E-state index contributed by atoms with van der Waals surface area (Å²) >= 11 is 0. The molecular formula is C12H13N3O. The third-order valence-corrected chi connectivity index (χ3v) is 2.84. The van der Waals surface area contributed by atoms with Gasteiger partial charge in [-0.15, -0.1) is 0 Å². The summed E-state index contributed by atoms with van der Waals surface area (Å²) in [6, 6.07) is 9.08. The van der Waals surface area contributed by atoms with Gasteiger partial charge < -0.3 is 10.6 Å². The molecule has 1 fully saturated rings. The molecule has 0 spiro atoms. The Morgan fingerprint density at radius 3 is 2.88 bits per heavy atom. The highest BCUT2D eigenvalue weighted by atomic mass is 16.2. The Kier molecular flexibility index (Phi) is 2.88. The van der Waals surface area contributed by atoms with E-state index in [2.05, 4.69) is 6.07 Å². The molecule has 2 rings (SSSR count). The lowest BCUT2D eigenvalue weighted by Crippen LogP contribution is -2.33. The first-order valence-electron chi connectivity index (χ1n) is 5.24. The summed E-state index contributed by atoms with van der Waals surface area (Å²) in [5.41, 5.74) is 7.14. The quantitative estimate of drug-likeness (QED) is 0.786. The summed E-state index contributed by atoms with van der Waals surface area (Å²) in [7, 11) is 0. The Bertz CT molecular complexity index is 450. The van der Waals surface area contributed by atoms with Crippen LogP contribution in [0.3, 0.4) is 0 Å². The van der Waals surface area contributed by atoms with Crippen molar-refractivity contribution < 1.29 is 4.79 Å². The van der Waals surface area contributed by atoms with Gasteiger partial charge in [0, 0.05) is 13.1 Å². The van der Waals surface area contributed by atoms with Gasteiger partial charge in [0.15, 0.2) is 0 Å². The zero-order valence-corrected chi connectivity index (χ0v) is 8.89. The van der Waals surface area contributed by atoms with E-state index in [4.69, 9.17) is 11.0 Å². The number of hydrogen-bond acceptors (Lipinski definition) is 3. The molecule has 0 bridgehead atoms. The van der Waals surface area contributed by atoms with E-state index in [9.17, 15) is 4.79 Å². The topological polar surface area (TPSA) is 70.1 Å². The Hall–Kier alpha value is -1.86. The average molecular weight is 215 g/mol. The maximum absolute atomic E-state index is 11.6. The SMILES string of the molecule is N#Cc1ccccc1CN1CC[C@H](N)C1=O. The van der Waals surface area contributed by atoms with E-state index in [0.717, 1.165) is 5.56 Å². The van der Waals surface area contributed by atoms with E-state index in [1.54, 1.807) is 11.0 Å². The monoisotopic (exact) mass is 215 g/mol. The highest BCUT2D eigenvalue weighted by Crippen LogP contribution is 2.16. The predicted octanol–water partition coefficient (Wildman–Crippen LogP) is 0.618. The standard InChI is InChI=1S/C12H13N3O/c13-7-9-3-1-2-4-10(9)8-15-6-5-11(14)12(15)16/h1-4,11H,5-6,8,14H2/t11-/m0/s1. The number of amides is 1. The third kappa shape index (κ3) is 1.90. The number of carbonyl (C=O) groups excluding carboxylic acids is 1. The summed E-state index contributed by atoms with van der Waals surface area (Å²) in [4.78, 5) is 13.3. The molecule has 1 aliphatic rings. The van der Waals surface area contributed by atoms with Crippen molar-refractivity contribution in [2.24, 2.45) is 5.73 Å². The van der Waals surface area contributed by atoms with Gasteiger partial charge in [-0.3, -0.25) is 4.79 Å². The number of likely N-dealkylation sites (tertiary alicyclic amines) is 1. The fourth-order valence-corrected chi connectivity index (χ4v) is 1.89. The smallest absolute Gasteiger partial charge is 0.239 e. The Morgan fingerprint density at radius 2 is 2.25 bits per heavy atom. The molecule has 1 aromatic rings. The summed E-state index contributed by atoms with van der Waals surface area (Å²) in [5, 5.41) is 8.93. The maximum Gasteiger partial charge on any atom is 0.239 e. The molecule has 4 nitrogen and oxygen atoms in total. The first kappa shape index (κ1) is 10.7. The van der Waals surface area contributed by atoms with E-state index < -0.39 is 0 Å². The molecule has 0 aromatic heterocycles. The van der Waals surface area contributed by atoms with Crippen LogP contribution in [-0.2, 0) is 11.3 Å². The number of nitrogens with two attached hydrogens (primary N) is 1. The number of nitrogens with zero attached hydrogens (tertiary/aromatic N) is 2. The summed E-state index contributed by atoms with van der Waals surface area (Å²) < 4.78 is 0. The normalized spacial score (nSPS) is 19.9. The molecule has 0 radical (unpaired) electrons. The van der Waals surface area contributed by atoms with Crippen LogP contribution >= 0.6 is 0 Å². The Balaban J connectivity index is 2.16. The summed E-state index contributed by atoms with van der Waals surface area (Å²) in [5.74, 6) is -0.0206. The second kappa shape index (κ2) is 4.33. The van der Waals surface area contributed by atoms with Gasteiger partial charge in [-0.1, -0.05) is 18.2 Å². The van der Waals surface area contributed by atoms with Gasteiger partial charge in [-0.05, 0) is 18.1 Å². The second-order valence-corrected chi connectivity index (χ2v) is 3.92. The lowest BCUT2D eigenvalue weighted by molar-refractivity contribution is -0.129. The second-order valence-electron chi connectivity index (χ2n) is 3.92. The van der Waals surface area contributed by atoms with Gasteiger partial charge in [-0.2, -0.15) is 5.26 Å². The maximum atomic E-state index is 11.6. The van der Waals surface area contributed by atoms with Crippen molar-refractivity contribution in [1.82, 2.24) is 4.90 Å². The lowest BCUT2D eigenvalue weighted by atomic mass is 10.1. The van der Waals surface area contributed by atoms with Crippen LogP contribution in [0.4, 0.5) is 0 Å². The van der Waals surface area contributed by atoms with Crippen molar-refractivity contribution >= 4 is 5.91 Å². The van der Waals surface area contributed by atoms with Crippen LogP contribution in [0.1, 0.15) is 17.5 Å². The fourth-order valence-electron chi connectivity index (χ4n) is 1.89. The zero-order valence-electron chi connectivity index (χ0n) is 8.89. The summed E-state index contributed by atoms with van der Waals surface area (Å²) in [6.07, 6.45) is 0.702. The van der Waals surface area contributed by atoms with Crippen molar-refractivity contribution in [3.63, 3.8) is 0 Å². The molecule has 1 amide bonds. The molecule has 4 heteroatoms. The highest BCUT2D eigenvalue weighted by molar-refractivity contribution is 5.83. The molecule has 1 atom stereocenters. The Morgan fingerprint density at radius 1 is 1.50 bits per heavy atom. The minimum Gasteiger partial charge on any atom is -0.337 e. The third-order valence-electron chi connectivity index (χ3n) is 2.84. The van der Waals surface area contributed by atoms with Crippen LogP contribution in [0.2, 0.25) is 0 Å². The van der Waals surface area contributed by atoms with Gasteiger partial charge >= 0.3 is 0 Å². The molecule has 1 aliphatic heterocycles. The average Bonchev–Trinajstić information content (AvgIpc) is 2.62. The van der Waals surface area contributed by atoms with E-state index in [0.29, 0.717) is 25.1 Å². The predicted molar refractivity (Wildman–Crippen MR) is 59.2 cm³/mol. The molecule has 0 saturated carbocycles. The lowest BCUT2D eigenvalue weighted by Gasteiger charge is -2.16. The minimum absolute atomic E-state index is 0.0206. The van der Waals surface area contributed by atoms with Gasteiger partial charge in [-0.25, -0.2) is 0 Å². The molecule has 1 aromatic carbocycles. The summed E-state index contributed by atoms with van der Waals surface area (Å²) in [6.45, 7) is 1.16. The minimum atomic E-state index is -0.366. The van der Waals surface area contributed by atoms with Crippen molar-refractivity contribution in [2.75, 3.05) is 6.54 Å². The molecule has 1 saturated heterocycles. The number of nitriles is 1. The first-order chi connectivity index (χ1) is 7.72. The number of carbonyl (C=O) groups is 1. The number of rotatable bonds is 2. The number of hydrogen-bond donors (Lipinski definition) is 1. The molecular weight excluding hydrogens is 202 g/mol. The fraction of sp³-hybridized carbons (Fsp3) is 0.333. The van der Waals surface area contributed by atoms with E-state index >= 15 is 0 Å². The van der Waals surface area contributed by atoms with Crippen LogP contribution in [0.25, 0.3) is 0 Å². The Labute approximate surface area is 94.3 Å². The van der Waals surface area contributed by atoms with Crippen LogP contribution in [-0.4, -0.2) is 23.4 Å². The zero-order chi connectivity index (χ0) is 11.5. The first-order valence-corrected chi connectivity index (χ1v) is 5.24. The van der Waals surface area contributed by atoms with Crippen LogP contribution in [0.5, 0.6) is 0 Å². The molecule has 2 N–H and O–H groups in total. The van der Waals surface area contributed by atoms with Gasteiger partial charge in [0.25, 0.3) is 0 Å². The van der Waals surface area contributed by atoms with E-state index in [1.807, 2.05) is 18.2 Å². The van der Waals surface area contributed by atoms with Crippen molar-refractivity contribution in [3.8, 4) is 6.07 Å². The molecule has 1 heterocycles. The van der Waals surface area contributed by atoms with Crippen LogP contribution in [0, 0.1) is 11.3 Å². The number of benzene rings is 1. The van der Waals surface area contributed by atoms with Gasteiger partial charge in [0.05, 0.1) is 17.7 Å².